The van der Waals surface area contributed by atoms with Crippen LogP contribution in [0.1, 0.15) is 39.2 Å². The van der Waals surface area contributed by atoms with Gasteiger partial charge in [0.15, 0.2) is 0 Å². The van der Waals surface area contributed by atoms with Crippen LogP contribution in [-0.4, -0.2) is 50.4 Å². The lowest BCUT2D eigenvalue weighted by Crippen LogP contribution is -2.35. The van der Waals surface area contributed by atoms with Gasteiger partial charge in [0.2, 0.25) is 0 Å². The second-order valence-corrected chi connectivity index (χ2v) is 7.14. The number of carbonyl (C=O) groups excluding carboxylic acids is 1. The van der Waals surface area contributed by atoms with E-state index in [9.17, 15) is 18.7 Å². The number of carbonyl (C=O) groups is 1. The van der Waals surface area contributed by atoms with Crippen LogP contribution in [0.15, 0.2) is 55.0 Å². The monoisotopic (exact) mass is 424 g/mol. The number of alkyl halides is 2. The fourth-order valence-corrected chi connectivity index (χ4v) is 3.06. The molecule has 8 heteroatoms. The average Bonchev–Trinajstić information content (AvgIpc) is 3.17. The Morgan fingerprint density at radius 3 is 2.61 bits per heavy atom. The molecule has 1 aromatic carbocycles. The van der Waals surface area contributed by atoms with Gasteiger partial charge in [-0.2, -0.15) is 5.10 Å². The van der Waals surface area contributed by atoms with E-state index in [-0.39, 0.29) is 17.7 Å². The molecule has 3 aromatic rings. The zero-order valence-corrected chi connectivity index (χ0v) is 17.2. The normalized spacial score (nSPS) is 11.7. The second-order valence-electron chi connectivity index (χ2n) is 7.14. The summed E-state index contributed by atoms with van der Waals surface area (Å²) in [6.45, 7) is 0.0843. The first-order valence-corrected chi connectivity index (χ1v) is 9.59. The number of likely N-dealkylation sites (N-methyl/N-ethyl adjacent to an activating group) is 1. The standard InChI is InChI=1S/C23H22F2N4O2/c1-28(15-20(30)10-16-6-4-3-5-7-16)23(31)19-11-18(21(22(24)25)26-13-19)9-8-17-12-27-29(2)14-17/h3-7,11-14,20,22,30H,10,15H2,1-2H3/t20-/m0/s1. The quantitative estimate of drug-likeness (QED) is 0.618. The molecule has 0 bridgehead atoms. The Bertz CT molecular complexity index is 1100. The van der Waals surface area contributed by atoms with Gasteiger partial charge in [0.05, 0.1) is 29.0 Å². The van der Waals surface area contributed by atoms with Crippen molar-refractivity contribution in [3.63, 3.8) is 0 Å². The summed E-state index contributed by atoms with van der Waals surface area (Å²) < 4.78 is 28.3. The van der Waals surface area contributed by atoms with Gasteiger partial charge >= 0.3 is 0 Å². The molecule has 0 aliphatic rings. The van der Waals surface area contributed by atoms with Gasteiger partial charge in [0.1, 0.15) is 5.69 Å². The fraction of sp³-hybridized carbons (Fsp3) is 0.261. The maximum absolute atomic E-state index is 13.4. The second kappa shape index (κ2) is 9.96. The number of benzene rings is 1. The summed E-state index contributed by atoms with van der Waals surface area (Å²) in [4.78, 5) is 17.9. The Hall–Kier alpha value is -3.57. The number of aliphatic hydroxyl groups excluding tert-OH is 1. The number of pyridine rings is 1. The molecule has 6 nitrogen and oxygen atoms in total. The maximum Gasteiger partial charge on any atom is 0.281 e. The highest BCUT2D eigenvalue weighted by Gasteiger charge is 2.20. The van der Waals surface area contributed by atoms with E-state index in [0.717, 1.165) is 11.8 Å². The van der Waals surface area contributed by atoms with Crippen LogP contribution in [0.3, 0.4) is 0 Å². The number of aromatic nitrogens is 3. The van der Waals surface area contributed by atoms with Crippen LogP contribution < -0.4 is 0 Å². The molecule has 1 amide bonds. The van der Waals surface area contributed by atoms with Crippen molar-refractivity contribution in [1.82, 2.24) is 19.7 Å². The third kappa shape index (κ3) is 5.96. The first-order chi connectivity index (χ1) is 14.8. The van der Waals surface area contributed by atoms with Gasteiger partial charge in [-0.15, -0.1) is 0 Å². The van der Waals surface area contributed by atoms with Crippen LogP contribution in [-0.2, 0) is 13.5 Å². The molecule has 1 atom stereocenters. The average molecular weight is 424 g/mol. The zero-order chi connectivity index (χ0) is 22.4. The summed E-state index contributed by atoms with van der Waals surface area (Å²) in [5.74, 6) is 4.99. The predicted molar refractivity (Wildman–Crippen MR) is 111 cm³/mol. The van der Waals surface area contributed by atoms with E-state index in [1.807, 2.05) is 30.3 Å². The summed E-state index contributed by atoms with van der Waals surface area (Å²) in [5, 5.41) is 14.3. The molecule has 0 saturated carbocycles. The van der Waals surface area contributed by atoms with Crippen molar-refractivity contribution in [3.8, 4) is 11.8 Å². The molecule has 3 rings (SSSR count). The molecular weight excluding hydrogens is 402 g/mol. The van der Waals surface area contributed by atoms with E-state index in [2.05, 4.69) is 21.9 Å². The fourth-order valence-electron chi connectivity index (χ4n) is 3.06. The van der Waals surface area contributed by atoms with Crippen molar-refractivity contribution in [2.75, 3.05) is 13.6 Å². The molecule has 0 fully saturated rings. The van der Waals surface area contributed by atoms with Crippen LogP contribution >= 0.6 is 0 Å². The molecule has 2 aromatic heterocycles. The number of hydrogen-bond acceptors (Lipinski definition) is 4. The van der Waals surface area contributed by atoms with Gasteiger partial charge in [-0.05, 0) is 11.6 Å². The molecule has 0 aliphatic heterocycles. The Morgan fingerprint density at radius 2 is 1.97 bits per heavy atom. The SMILES string of the molecule is CN(C[C@@H](O)Cc1ccccc1)C(=O)c1cnc(C(F)F)c(C#Cc2cnn(C)c2)c1. The van der Waals surface area contributed by atoms with Gasteiger partial charge in [-0.1, -0.05) is 42.2 Å². The number of aryl methyl sites for hydroxylation is 1. The van der Waals surface area contributed by atoms with Gasteiger partial charge in [-0.3, -0.25) is 14.5 Å². The smallest absolute Gasteiger partial charge is 0.281 e. The van der Waals surface area contributed by atoms with E-state index >= 15 is 0 Å². The Balaban J connectivity index is 1.76. The van der Waals surface area contributed by atoms with Crippen LogP contribution in [0.2, 0.25) is 0 Å². The summed E-state index contributed by atoms with van der Waals surface area (Å²) in [6.07, 6.45) is 1.07. The number of amides is 1. The van der Waals surface area contributed by atoms with E-state index in [0.29, 0.717) is 12.0 Å². The lowest BCUT2D eigenvalue weighted by Gasteiger charge is -2.21. The van der Waals surface area contributed by atoms with Crippen molar-refractivity contribution in [2.45, 2.75) is 19.0 Å². The molecule has 0 aliphatic carbocycles. The molecule has 0 spiro atoms. The van der Waals surface area contributed by atoms with Crippen molar-refractivity contribution in [3.05, 3.63) is 82.9 Å². The molecule has 0 unspecified atom stereocenters. The van der Waals surface area contributed by atoms with E-state index in [1.54, 1.807) is 25.0 Å². The molecule has 1 N–H and O–H groups in total. The van der Waals surface area contributed by atoms with Crippen LogP contribution in [0.4, 0.5) is 8.78 Å². The van der Waals surface area contributed by atoms with E-state index in [1.165, 1.54) is 17.2 Å². The Kier molecular flexibility index (Phi) is 7.11. The first kappa shape index (κ1) is 22.1. The molecule has 31 heavy (non-hydrogen) atoms. The maximum atomic E-state index is 13.4. The minimum Gasteiger partial charge on any atom is -0.391 e. The topological polar surface area (TPSA) is 71.2 Å². The van der Waals surface area contributed by atoms with Gasteiger partial charge in [0, 0.05) is 39.5 Å². The van der Waals surface area contributed by atoms with Gasteiger partial charge in [-0.25, -0.2) is 8.78 Å². The van der Waals surface area contributed by atoms with Gasteiger partial charge in [0.25, 0.3) is 12.3 Å². The summed E-state index contributed by atoms with van der Waals surface area (Å²) in [5.41, 5.74) is 1.12. The van der Waals surface area contributed by atoms with Crippen molar-refractivity contribution < 1.29 is 18.7 Å². The molecule has 2 heterocycles. The molecular formula is C23H22F2N4O2. The Labute approximate surface area is 179 Å². The molecule has 0 saturated heterocycles. The summed E-state index contributed by atoms with van der Waals surface area (Å²) in [6, 6.07) is 10.7. The highest BCUT2D eigenvalue weighted by Crippen LogP contribution is 2.21. The number of aliphatic hydroxyl groups is 1. The minimum absolute atomic E-state index is 0.0251. The number of hydrogen-bond donors (Lipinski definition) is 1. The van der Waals surface area contributed by atoms with Gasteiger partial charge < -0.3 is 10.0 Å². The number of halogens is 2. The van der Waals surface area contributed by atoms with E-state index < -0.39 is 24.1 Å². The van der Waals surface area contributed by atoms with Crippen molar-refractivity contribution >= 4 is 5.91 Å². The molecule has 0 radical (unpaired) electrons. The van der Waals surface area contributed by atoms with Crippen molar-refractivity contribution in [2.24, 2.45) is 7.05 Å². The highest BCUT2D eigenvalue weighted by molar-refractivity contribution is 5.94. The number of nitrogens with zero attached hydrogens (tertiary/aromatic N) is 4. The van der Waals surface area contributed by atoms with Crippen LogP contribution in [0.25, 0.3) is 0 Å². The zero-order valence-electron chi connectivity index (χ0n) is 17.2. The third-order valence-electron chi connectivity index (χ3n) is 4.56. The highest BCUT2D eigenvalue weighted by atomic mass is 19.3. The summed E-state index contributed by atoms with van der Waals surface area (Å²) >= 11 is 0. The first-order valence-electron chi connectivity index (χ1n) is 9.59. The van der Waals surface area contributed by atoms with Crippen LogP contribution in [0.5, 0.6) is 0 Å². The van der Waals surface area contributed by atoms with Crippen molar-refractivity contribution in [1.29, 1.82) is 0 Å². The predicted octanol–water partition coefficient (Wildman–Crippen LogP) is 2.83. The third-order valence-corrected chi connectivity index (χ3v) is 4.56. The summed E-state index contributed by atoms with van der Waals surface area (Å²) in [7, 11) is 3.26. The number of rotatable bonds is 6. The van der Waals surface area contributed by atoms with E-state index in [4.69, 9.17) is 0 Å². The largest absolute Gasteiger partial charge is 0.391 e. The minimum atomic E-state index is -2.83. The molecule has 160 valence electrons. The lowest BCUT2D eigenvalue weighted by molar-refractivity contribution is 0.0680. The lowest BCUT2D eigenvalue weighted by atomic mass is 10.1. The van der Waals surface area contributed by atoms with Crippen LogP contribution in [0, 0.1) is 11.8 Å². The Morgan fingerprint density at radius 1 is 1.23 bits per heavy atom.